The first-order valence-corrected chi connectivity index (χ1v) is 8.04. The van der Waals surface area contributed by atoms with Gasteiger partial charge in [0.2, 0.25) is 5.95 Å². The van der Waals surface area contributed by atoms with E-state index in [1.165, 1.54) is 5.56 Å². The third-order valence-electron chi connectivity index (χ3n) is 3.79. The Hall–Kier alpha value is -1.16. The molecule has 0 saturated carbocycles. The number of aromatic nitrogens is 2. The van der Waals surface area contributed by atoms with E-state index in [2.05, 4.69) is 65.6 Å². The molecule has 0 aliphatic heterocycles. The second-order valence-corrected chi connectivity index (χ2v) is 6.81. The summed E-state index contributed by atoms with van der Waals surface area (Å²) in [6.07, 6.45) is 0. The molecule has 1 heterocycles. The van der Waals surface area contributed by atoms with Crippen LogP contribution in [0.4, 0.5) is 5.95 Å². The number of nitrogens with one attached hydrogen (secondary N) is 1. The van der Waals surface area contributed by atoms with Gasteiger partial charge in [0.1, 0.15) is 0 Å². The molecule has 0 fully saturated rings. The molecule has 0 aromatic carbocycles. The van der Waals surface area contributed by atoms with Crippen molar-refractivity contribution in [2.24, 2.45) is 0 Å². The van der Waals surface area contributed by atoms with Gasteiger partial charge in [0.25, 0.3) is 0 Å². The van der Waals surface area contributed by atoms with Crippen molar-refractivity contribution in [1.82, 2.24) is 15.3 Å². The summed E-state index contributed by atoms with van der Waals surface area (Å²) in [7, 11) is 0. The van der Waals surface area contributed by atoms with Gasteiger partial charge >= 0.3 is 0 Å². The van der Waals surface area contributed by atoms with Crippen molar-refractivity contribution >= 4 is 5.95 Å². The van der Waals surface area contributed by atoms with Gasteiger partial charge in [-0.25, -0.2) is 9.97 Å². The van der Waals surface area contributed by atoms with Crippen LogP contribution < -0.4 is 10.2 Å². The van der Waals surface area contributed by atoms with Gasteiger partial charge < -0.3 is 10.2 Å². The average Bonchev–Trinajstić information content (AvgIpc) is 2.36. The first-order chi connectivity index (χ1) is 9.69. The summed E-state index contributed by atoms with van der Waals surface area (Å²) in [4.78, 5) is 11.7. The van der Waals surface area contributed by atoms with Gasteiger partial charge in [-0.3, -0.25) is 0 Å². The number of rotatable bonds is 6. The smallest absolute Gasteiger partial charge is 0.225 e. The van der Waals surface area contributed by atoms with E-state index in [-0.39, 0.29) is 5.54 Å². The fraction of sp³-hybridized carbons (Fsp3) is 0.765. The van der Waals surface area contributed by atoms with E-state index in [4.69, 9.17) is 9.97 Å². The predicted molar refractivity (Wildman–Crippen MR) is 91.2 cm³/mol. The highest BCUT2D eigenvalue weighted by atomic mass is 15.2. The fourth-order valence-electron chi connectivity index (χ4n) is 2.63. The summed E-state index contributed by atoms with van der Waals surface area (Å²) in [5.41, 5.74) is 3.63. The van der Waals surface area contributed by atoms with E-state index in [9.17, 15) is 0 Å². The molecule has 1 unspecified atom stereocenters. The summed E-state index contributed by atoms with van der Waals surface area (Å²) in [5, 5.41) is 3.57. The zero-order chi connectivity index (χ0) is 16.2. The largest absolute Gasteiger partial charge is 0.341 e. The minimum atomic E-state index is 0.137. The van der Waals surface area contributed by atoms with Crippen LogP contribution in [0.3, 0.4) is 0 Å². The third kappa shape index (κ3) is 4.95. The molecule has 1 rings (SSSR count). The number of nitrogens with zero attached hydrogens (tertiary/aromatic N) is 3. The third-order valence-corrected chi connectivity index (χ3v) is 3.79. The normalized spacial score (nSPS) is 13.3. The van der Waals surface area contributed by atoms with Crippen molar-refractivity contribution in [3.8, 4) is 0 Å². The van der Waals surface area contributed by atoms with Crippen LogP contribution in [0, 0.1) is 13.8 Å². The van der Waals surface area contributed by atoms with Crippen LogP contribution >= 0.6 is 0 Å². The van der Waals surface area contributed by atoms with Crippen molar-refractivity contribution in [2.45, 2.75) is 66.8 Å². The monoisotopic (exact) mass is 292 g/mol. The maximum atomic E-state index is 4.73. The molecule has 4 nitrogen and oxygen atoms in total. The lowest BCUT2D eigenvalue weighted by Gasteiger charge is -2.26. The van der Waals surface area contributed by atoms with Crippen molar-refractivity contribution in [1.29, 1.82) is 0 Å². The molecule has 0 amide bonds. The van der Waals surface area contributed by atoms with E-state index < -0.39 is 0 Å². The lowest BCUT2D eigenvalue weighted by Crippen LogP contribution is -2.38. The summed E-state index contributed by atoms with van der Waals surface area (Å²) < 4.78 is 0. The van der Waals surface area contributed by atoms with Gasteiger partial charge in [0.05, 0.1) is 0 Å². The first-order valence-electron chi connectivity index (χ1n) is 8.04. The molecule has 120 valence electrons. The molecule has 4 heteroatoms. The molecular weight excluding hydrogens is 260 g/mol. The van der Waals surface area contributed by atoms with E-state index in [0.717, 1.165) is 37.0 Å². The highest BCUT2D eigenvalue weighted by Gasteiger charge is 2.18. The minimum Gasteiger partial charge on any atom is -0.341 e. The second kappa shape index (κ2) is 7.21. The molecule has 1 aromatic rings. The summed E-state index contributed by atoms with van der Waals surface area (Å²) in [6, 6.07) is 0. The van der Waals surface area contributed by atoms with Crippen LogP contribution in [0.2, 0.25) is 0 Å². The molecule has 0 radical (unpaired) electrons. The highest BCUT2D eigenvalue weighted by molar-refractivity contribution is 5.38. The van der Waals surface area contributed by atoms with Gasteiger partial charge in [0.15, 0.2) is 0 Å². The lowest BCUT2D eigenvalue weighted by molar-refractivity contribution is 0.411. The Labute approximate surface area is 130 Å². The molecule has 1 N–H and O–H groups in total. The van der Waals surface area contributed by atoms with Crippen LogP contribution in [0.1, 0.15) is 64.4 Å². The van der Waals surface area contributed by atoms with Gasteiger partial charge in [-0.2, -0.15) is 0 Å². The van der Waals surface area contributed by atoms with E-state index in [1.54, 1.807) is 0 Å². The van der Waals surface area contributed by atoms with E-state index >= 15 is 0 Å². The molecule has 1 aromatic heterocycles. The molecule has 0 aliphatic rings. The Balaban J connectivity index is 2.99. The summed E-state index contributed by atoms with van der Waals surface area (Å²) >= 11 is 0. The Morgan fingerprint density at radius 3 is 1.90 bits per heavy atom. The van der Waals surface area contributed by atoms with Crippen molar-refractivity contribution in [3.63, 3.8) is 0 Å². The molecular formula is C17H32N4. The number of hydrogen-bond acceptors (Lipinski definition) is 4. The highest BCUT2D eigenvalue weighted by Crippen LogP contribution is 2.23. The van der Waals surface area contributed by atoms with E-state index in [0.29, 0.717) is 5.92 Å². The fourth-order valence-corrected chi connectivity index (χ4v) is 2.63. The zero-order valence-corrected chi connectivity index (χ0v) is 15.0. The standard InChI is InChI=1S/C17H32N4/c1-9-21(10-2)16-19-13(4)15(14(5)20-16)12(3)11-18-17(6,7)8/h12,18H,9-11H2,1-8H3. The van der Waals surface area contributed by atoms with Gasteiger partial charge in [-0.05, 0) is 59.9 Å². The Bertz CT molecular complexity index is 435. The second-order valence-electron chi connectivity index (χ2n) is 6.81. The van der Waals surface area contributed by atoms with Crippen LogP contribution in [0.5, 0.6) is 0 Å². The van der Waals surface area contributed by atoms with Gasteiger partial charge in [-0.15, -0.1) is 0 Å². The molecule has 0 spiro atoms. The minimum absolute atomic E-state index is 0.137. The van der Waals surface area contributed by atoms with Crippen LogP contribution in [-0.2, 0) is 0 Å². The Kier molecular flexibility index (Phi) is 6.14. The number of anilines is 1. The van der Waals surface area contributed by atoms with Crippen molar-refractivity contribution < 1.29 is 0 Å². The zero-order valence-electron chi connectivity index (χ0n) is 15.0. The van der Waals surface area contributed by atoms with Gasteiger partial charge in [-0.1, -0.05) is 6.92 Å². The number of aryl methyl sites for hydroxylation is 2. The predicted octanol–water partition coefficient (Wildman–Crippen LogP) is 3.43. The number of hydrogen-bond donors (Lipinski definition) is 1. The molecule has 21 heavy (non-hydrogen) atoms. The average molecular weight is 292 g/mol. The van der Waals surface area contributed by atoms with Crippen molar-refractivity contribution in [3.05, 3.63) is 17.0 Å². The van der Waals surface area contributed by atoms with Gasteiger partial charge in [0, 0.05) is 36.6 Å². The van der Waals surface area contributed by atoms with E-state index in [1.807, 2.05) is 0 Å². The van der Waals surface area contributed by atoms with Crippen LogP contribution in [-0.4, -0.2) is 35.1 Å². The first kappa shape index (κ1) is 17.9. The quantitative estimate of drug-likeness (QED) is 0.872. The SMILES string of the molecule is CCN(CC)c1nc(C)c(C(C)CNC(C)(C)C)c(C)n1. The van der Waals surface area contributed by atoms with Crippen molar-refractivity contribution in [2.75, 3.05) is 24.5 Å². The Morgan fingerprint density at radius 1 is 1.05 bits per heavy atom. The molecule has 1 atom stereocenters. The maximum Gasteiger partial charge on any atom is 0.225 e. The topological polar surface area (TPSA) is 41.1 Å². The van der Waals surface area contributed by atoms with Crippen LogP contribution in [0.25, 0.3) is 0 Å². The molecule has 0 saturated heterocycles. The van der Waals surface area contributed by atoms with Crippen LogP contribution in [0.15, 0.2) is 0 Å². The maximum absolute atomic E-state index is 4.73. The lowest BCUT2D eigenvalue weighted by atomic mass is 9.96. The Morgan fingerprint density at radius 2 is 1.52 bits per heavy atom. The molecule has 0 bridgehead atoms. The molecule has 0 aliphatic carbocycles. The summed E-state index contributed by atoms with van der Waals surface area (Å²) in [6.45, 7) is 20.1. The summed E-state index contributed by atoms with van der Waals surface area (Å²) in [5.74, 6) is 1.27.